The van der Waals surface area contributed by atoms with Gasteiger partial charge in [0, 0.05) is 5.70 Å². The monoisotopic (exact) mass is 364 g/mol. The van der Waals surface area contributed by atoms with Crippen LogP contribution in [-0.4, -0.2) is 35.2 Å². The maximum atomic E-state index is 12.0. The quantitative estimate of drug-likeness (QED) is 0.658. The lowest BCUT2D eigenvalue weighted by Gasteiger charge is -2.35. The van der Waals surface area contributed by atoms with Crippen molar-refractivity contribution in [1.82, 2.24) is 10.6 Å². The van der Waals surface area contributed by atoms with E-state index in [1.165, 1.54) is 21.0 Å². The third-order valence-electron chi connectivity index (χ3n) is 3.91. The first-order chi connectivity index (χ1) is 11.7. The number of carbonyl (C=O) groups is 2. The van der Waals surface area contributed by atoms with Crippen molar-refractivity contribution in [3.8, 4) is 11.5 Å². The van der Waals surface area contributed by atoms with Crippen LogP contribution in [0.2, 0.25) is 0 Å². The normalized spacial score (nSPS) is 20.9. The third kappa shape index (κ3) is 4.08. The molecule has 7 nitrogen and oxygen atoms in total. The van der Waals surface area contributed by atoms with Gasteiger partial charge in [-0.05, 0) is 43.8 Å². The van der Waals surface area contributed by atoms with Crippen LogP contribution < -0.4 is 20.1 Å². The summed E-state index contributed by atoms with van der Waals surface area (Å²) in [5.74, 6) is -0.970. The maximum absolute atomic E-state index is 12.0. The van der Waals surface area contributed by atoms with Crippen molar-refractivity contribution in [3.05, 3.63) is 36.0 Å². The summed E-state index contributed by atoms with van der Waals surface area (Å²) in [6.07, 6.45) is -1.02. The summed E-state index contributed by atoms with van der Waals surface area (Å²) < 4.78 is 10.7. The van der Waals surface area contributed by atoms with Crippen LogP contribution >= 0.6 is 12.2 Å². The molecule has 1 aliphatic rings. The van der Waals surface area contributed by atoms with E-state index in [2.05, 4.69) is 17.2 Å². The fourth-order valence-corrected chi connectivity index (χ4v) is 2.92. The molecule has 134 valence electrons. The first-order valence-electron chi connectivity index (χ1n) is 7.58. The number of thiocarbonyl (C=S) groups is 1. The van der Waals surface area contributed by atoms with Crippen LogP contribution in [0, 0.1) is 5.92 Å². The smallest absolute Gasteiger partial charge is 0.344 e. The van der Waals surface area contributed by atoms with E-state index in [-0.39, 0.29) is 5.78 Å². The highest BCUT2D eigenvalue weighted by Gasteiger charge is 2.34. The molecule has 0 amide bonds. The predicted octanol–water partition coefficient (Wildman–Crippen LogP) is 1.78. The number of nitrogens with one attached hydrogen (secondary N) is 2. The summed E-state index contributed by atoms with van der Waals surface area (Å²) in [5, 5.41) is 15.3. The minimum absolute atomic E-state index is 0.0590. The molecule has 0 bridgehead atoms. The van der Waals surface area contributed by atoms with E-state index in [9.17, 15) is 9.59 Å². The van der Waals surface area contributed by atoms with Crippen LogP contribution in [0.5, 0.6) is 11.5 Å². The fourth-order valence-electron chi connectivity index (χ4n) is 2.66. The van der Waals surface area contributed by atoms with Crippen molar-refractivity contribution in [3.63, 3.8) is 0 Å². The molecule has 2 rings (SSSR count). The van der Waals surface area contributed by atoms with Gasteiger partial charge in [-0.2, -0.15) is 0 Å². The average Bonchev–Trinajstić information content (AvgIpc) is 2.53. The Hall–Kier alpha value is -2.61. The van der Waals surface area contributed by atoms with Crippen LogP contribution in [-0.2, 0) is 9.59 Å². The van der Waals surface area contributed by atoms with E-state index in [0.29, 0.717) is 22.3 Å². The Labute approximate surface area is 151 Å². The Morgan fingerprint density at radius 1 is 1.36 bits per heavy atom. The standard InChI is InChI=1S/C17H20N2O5S/c1-8-14(9(2)20)15(19-17(25)18-8)11-5-6-12(13(7-11)23-4)24-10(3)16(21)22/h5-7,10,14-15H,1H2,2-4H3,(H,21,22)(H2,18,19,25)/t10-,14-,15+/m0/s1. The van der Waals surface area contributed by atoms with Gasteiger partial charge in [-0.25, -0.2) is 4.79 Å². The molecule has 0 aliphatic carbocycles. The van der Waals surface area contributed by atoms with Crippen LogP contribution in [0.1, 0.15) is 25.5 Å². The van der Waals surface area contributed by atoms with Gasteiger partial charge in [-0.1, -0.05) is 12.6 Å². The maximum Gasteiger partial charge on any atom is 0.344 e. The average molecular weight is 364 g/mol. The molecule has 8 heteroatoms. The second-order valence-electron chi connectivity index (χ2n) is 5.70. The van der Waals surface area contributed by atoms with E-state index in [1.807, 2.05) is 0 Å². The second-order valence-corrected chi connectivity index (χ2v) is 6.11. The van der Waals surface area contributed by atoms with Crippen molar-refractivity contribution < 1.29 is 24.2 Å². The van der Waals surface area contributed by atoms with Crippen LogP contribution in [0.25, 0.3) is 0 Å². The van der Waals surface area contributed by atoms with Crippen LogP contribution in [0.4, 0.5) is 0 Å². The van der Waals surface area contributed by atoms with Gasteiger partial charge in [0.1, 0.15) is 5.78 Å². The summed E-state index contributed by atoms with van der Waals surface area (Å²) in [5.41, 5.74) is 1.28. The zero-order chi connectivity index (χ0) is 18.7. The van der Waals surface area contributed by atoms with Crippen molar-refractivity contribution >= 4 is 29.1 Å². The van der Waals surface area contributed by atoms with Gasteiger partial charge in [0.2, 0.25) is 0 Å². The van der Waals surface area contributed by atoms with Gasteiger partial charge in [0.05, 0.1) is 19.1 Å². The summed E-state index contributed by atoms with van der Waals surface area (Å²) in [6.45, 7) is 6.80. The molecule has 1 fully saturated rings. The molecule has 1 heterocycles. The van der Waals surface area contributed by atoms with Gasteiger partial charge < -0.3 is 25.2 Å². The minimum atomic E-state index is -1.08. The number of ketones is 1. The number of hydrogen-bond acceptors (Lipinski definition) is 5. The molecule has 0 radical (unpaired) electrons. The Morgan fingerprint density at radius 3 is 2.60 bits per heavy atom. The van der Waals surface area contributed by atoms with E-state index >= 15 is 0 Å². The molecule has 1 saturated heterocycles. The zero-order valence-corrected chi connectivity index (χ0v) is 15.0. The largest absolute Gasteiger partial charge is 0.493 e. The number of carboxylic acids is 1. The molecule has 0 aromatic heterocycles. The lowest BCUT2D eigenvalue weighted by Crippen LogP contribution is -2.50. The van der Waals surface area contributed by atoms with E-state index in [1.54, 1.807) is 18.2 Å². The fraction of sp³-hybridized carbons (Fsp3) is 0.353. The van der Waals surface area contributed by atoms with Gasteiger partial charge in [-0.15, -0.1) is 0 Å². The SMILES string of the molecule is C=C1NC(=S)N[C@H](c2ccc(O[C@@H](C)C(=O)O)c(OC)c2)[C@@H]1C(C)=O. The van der Waals surface area contributed by atoms with Gasteiger partial charge in [-0.3, -0.25) is 4.79 Å². The number of carboxylic acid groups (broad SMARTS) is 1. The Balaban J connectivity index is 2.37. The molecule has 25 heavy (non-hydrogen) atoms. The van der Waals surface area contributed by atoms with Gasteiger partial charge in [0.25, 0.3) is 0 Å². The number of hydrogen-bond donors (Lipinski definition) is 3. The lowest BCUT2D eigenvalue weighted by atomic mass is 9.86. The summed E-state index contributed by atoms with van der Waals surface area (Å²) in [6, 6.07) is 4.64. The van der Waals surface area contributed by atoms with Crippen LogP contribution in [0.3, 0.4) is 0 Å². The Morgan fingerprint density at radius 2 is 2.04 bits per heavy atom. The molecule has 0 saturated carbocycles. The summed E-state index contributed by atoms with van der Waals surface area (Å²) >= 11 is 5.16. The Bertz CT molecular complexity index is 734. The number of aliphatic carboxylic acids is 1. The van der Waals surface area contributed by atoms with Crippen molar-refractivity contribution in [2.24, 2.45) is 5.92 Å². The Kier molecular flexibility index (Phi) is 5.63. The van der Waals surface area contributed by atoms with E-state index in [0.717, 1.165) is 5.56 Å². The van der Waals surface area contributed by atoms with Crippen LogP contribution in [0.15, 0.2) is 30.5 Å². The molecule has 0 unspecified atom stereocenters. The zero-order valence-electron chi connectivity index (χ0n) is 14.2. The van der Waals surface area contributed by atoms with Gasteiger partial charge >= 0.3 is 5.97 Å². The molecule has 0 spiro atoms. The highest BCUT2D eigenvalue weighted by molar-refractivity contribution is 7.80. The number of carbonyl (C=O) groups excluding carboxylic acids is 1. The minimum Gasteiger partial charge on any atom is -0.493 e. The van der Waals surface area contributed by atoms with E-state index in [4.69, 9.17) is 26.8 Å². The first-order valence-corrected chi connectivity index (χ1v) is 7.99. The summed E-state index contributed by atoms with van der Waals surface area (Å²) in [4.78, 5) is 23.0. The molecular weight excluding hydrogens is 344 g/mol. The number of methoxy groups -OCH3 is 1. The highest BCUT2D eigenvalue weighted by atomic mass is 32.1. The first kappa shape index (κ1) is 18.7. The molecule has 1 aromatic carbocycles. The van der Waals surface area contributed by atoms with Crippen molar-refractivity contribution in [2.75, 3.05) is 7.11 Å². The van der Waals surface area contributed by atoms with Crippen molar-refractivity contribution in [2.45, 2.75) is 26.0 Å². The third-order valence-corrected chi connectivity index (χ3v) is 4.13. The van der Waals surface area contributed by atoms with E-state index < -0.39 is 24.0 Å². The van der Waals surface area contributed by atoms with Gasteiger partial charge in [0.15, 0.2) is 22.7 Å². The van der Waals surface area contributed by atoms with Crippen molar-refractivity contribution in [1.29, 1.82) is 0 Å². The summed E-state index contributed by atoms with van der Waals surface area (Å²) in [7, 11) is 1.46. The molecule has 1 aliphatic heterocycles. The number of Topliss-reactive ketones (excluding diaryl/α,β-unsaturated/α-hetero) is 1. The molecular formula is C17H20N2O5S. The molecule has 3 N–H and O–H groups in total. The number of rotatable bonds is 6. The predicted molar refractivity (Wildman–Crippen MR) is 95.6 cm³/mol. The topological polar surface area (TPSA) is 96.9 Å². The number of ether oxygens (including phenoxy) is 2. The second kappa shape index (κ2) is 7.52. The molecule has 3 atom stereocenters. The molecule has 1 aromatic rings. The lowest BCUT2D eigenvalue weighted by molar-refractivity contribution is -0.144. The highest BCUT2D eigenvalue weighted by Crippen LogP contribution is 2.36. The number of benzene rings is 1.